The van der Waals surface area contributed by atoms with E-state index in [0.29, 0.717) is 18.4 Å². The molecule has 2 heterocycles. The molecule has 0 bridgehead atoms. The first kappa shape index (κ1) is 26.3. The summed E-state index contributed by atoms with van der Waals surface area (Å²) in [6.07, 6.45) is 3.68. The molecule has 3 aromatic rings. The number of aromatic nitrogens is 2. The van der Waals surface area contributed by atoms with E-state index in [1.807, 2.05) is 42.1 Å². The van der Waals surface area contributed by atoms with Crippen molar-refractivity contribution in [3.8, 4) is 0 Å². The summed E-state index contributed by atoms with van der Waals surface area (Å²) in [5.41, 5.74) is 2.84. The summed E-state index contributed by atoms with van der Waals surface area (Å²) in [5.74, 6) is -0.214. The standard InChI is InChI=1S/C27H37ClFN3O2Si/c1-20(34-18-27(9-11-30-12-10-27)22-5-7-24(29)8-6-22)25-16-23(28)15-21-17-32(31-26(21)25)19-33-13-14-35(2,3)4/h5-8,15-17,20,30H,9-14,18-19H2,1-4H3/q-1/t20-/m1/s1. The van der Waals surface area contributed by atoms with E-state index in [0.717, 1.165) is 60.6 Å². The molecular formula is C27H37ClFN3O2Si-. The predicted octanol–water partition coefficient (Wildman–Crippen LogP) is 6.54. The Morgan fingerprint density at radius 3 is 2.57 bits per heavy atom. The van der Waals surface area contributed by atoms with E-state index >= 15 is 0 Å². The molecule has 0 spiro atoms. The molecule has 0 aliphatic carbocycles. The molecule has 1 aliphatic heterocycles. The molecule has 1 fully saturated rings. The lowest BCUT2D eigenvalue weighted by Crippen LogP contribution is -2.43. The summed E-state index contributed by atoms with van der Waals surface area (Å²) in [6.45, 7) is 12.6. The molecule has 191 valence electrons. The van der Waals surface area contributed by atoms with E-state index in [1.54, 1.807) is 12.1 Å². The molecule has 0 amide bonds. The first-order chi connectivity index (χ1) is 16.7. The first-order valence-corrected chi connectivity index (χ1v) is 16.6. The van der Waals surface area contributed by atoms with Gasteiger partial charge in [-0.3, -0.25) is 0 Å². The summed E-state index contributed by atoms with van der Waals surface area (Å²) < 4.78 is 27.8. The minimum Gasteiger partial charge on any atom is -0.373 e. The van der Waals surface area contributed by atoms with E-state index in [2.05, 4.69) is 25.0 Å². The van der Waals surface area contributed by atoms with Crippen LogP contribution < -0.4 is 5.32 Å². The topological polar surface area (TPSA) is 48.3 Å². The molecule has 1 atom stereocenters. The average Bonchev–Trinajstić information content (AvgIpc) is 3.23. The van der Waals surface area contributed by atoms with Crippen molar-refractivity contribution in [2.45, 2.75) is 63.7 Å². The molecule has 35 heavy (non-hydrogen) atoms. The molecule has 1 saturated heterocycles. The van der Waals surface area contributed by atoms with Crippen LogP contribution in [0.2, 0.25) is 30.7 Å². The van der Waals surface area contributed by atoms with Gasteiger partial charge < -0.3 is 14.8 Å². The Balaban J connectivity index is 1.49. The van der Waals surface area contributed by atoms with Crippen LogP contribution in [0.25, 0.3) is 10.9 Å². The maximum absolute atomic E-state index is 13.6. The zero-order chi connectivity index (χ0) is 25.1. The molecule has 1 N–H and O–H groups in total. The van der Waals surface area contributed by atoms with Crippen molar-refractivity contribution in [1.29, 1.82) is 0 Å². The number of hydrogen-bond acceptors (Lipinski definition) is 4. The second-order valence-corrected chi connectivity index (χ2v) is 17.0. The van der Waals surface area contributed by atoms with Crippen LogP contribution in [-0.4, -0.2) is 44.2 Å². The Morgan fingerprint density at radius 2 is 1.89 bits per heavy atom. The third kappa shape index (κ3) is 6.71. The lowest BCUT2D eigenvalue weighted by atomic mass is 9.74. The molecular weight excluding hydrogens is 481 g/mol. The number of hydrogen-bond donors (Lipinski definition) is 1. The van der Waals surface area contributed by atoms with E-state index in [4.69, 9.17) is 26.2 Å². The van der Waals surface area contributed by atoms with Crippen molar-refractivity contribution in [2.75, 3.05) is 26.3 Å². The van der Waals surface area contributed by atoms with Gasteiger partial charge in [0, 0.05) is 34.2 Å². The van der Waals surface area contributed by atoms with Gasteiger partial charge in [-0.1, -0.05) is 23.7 Å². The number of halogens is 2. The van der Waals surface area contributed by atoms with Crippen LogP contribution in [0.5, 0.6) is 0 Å². The second kappa shape index (κ2) is 11.1. The molecule has 4 rings (SSSR count). The summed E-state index contributed by atoms with van der Waals surface area (Å²) in [5, 5.41) is 9.88. The SMILES string of the molecule is C[C@@H](OCC1(c2ccc(F)cc2)CCNCC1)c1cc(Cl)cc2cn(COCC[Si-](C)(C)C)nc12. The fourth-order valence-corrected chi connectivity index (χ4v) is 5.68. The normalized spacial score (nSPS) is 17.1. The Morgan fingerprint density at radius 1 is 1.17 bits per heavy atom. The number of nitrogens with one attached hydrogen (secondary N) is 1. The molecule has 5 nitrogen and oxygen atoms in total. The Hall–Kier alpha value is -1.77. The van der Waals surface area contributed by atoms with Gasteiger partial charge in [0.1, 0.15) is 12.5 Å². The number of nitrogens with zero attached hydrogens (tertiary/aromatic N) is 2. The van der Waals surface area contributed by atoms with E-state index < -0.39 is 8.07 Å². The third-order valence-corrected chi connectivity index (χ3v) is 8.86. The second-order valence-electron chi connectivity index (χ2n) is 10.9. The van der Waals surface area contributed by atoms with Gasteiger partial charge in [0.05, 0.1) is 18.2 Å². The average molecular weight is 518 g/mol. The van der Waals surface area contributed by atoms with E-state index in [9.17, 15) is 4.39 Å². The minimum absolute atomic E-state index is 0.144. The summed E-state index contributed by atoms with van der Waals surface area (Å²) in [6, 6.07) is 11.9. The largest absolute Gasteiger partial charge is 0.373 e. The number of rotatable bonds is 10. The number of piperidine rings is 1. The fraction of sp³-hybridized carbons (Fsp3) is 0.519. The van der Waals surface area contributed by atoms with Gasteiger partial charge >= 0.3 is 0 Å². The Kier molecular flexibility index (Phi) is 8.33. The maximum Gasteiger partial charge on any atom is 0.139 e. The first-order valence-electron chi connectivity index (χ1n) is 12.5. The summed E-state index contributed by atoms with van der Waals surface area (Å²) in [7, 11) is -1.13. The lowest BCUT2D eigenvalue weighted by molar-refractivity contribution is 0.0172. The van der Waals surface area contributed by atoms with Gasteiger partial charge in [-0.05, 0) is 62.7 Å². The Labute approximate surface area is 214 Å². The quantitative estimate of drug-likeness (QED) is 0.245. The zero-order valence-corrected chi connectivity index (χ0v) is 23.0. The highest BCUT2D eigenvalue weighted by atomic mass is 35.5. The van der Waals surface area contributed by atoms with Crippen LogP contribution in [0.4, 0.5) is 4.39 Å². The van der Waals surface area contributed by atoms with Gasteiger partial charge in [0.25, 0.3) is 0 Å². The van der Waals surface area contributed by atoms with E-state index in [1.165, 1.54) is 0 Å². The monoisotopic (exact) mass is 517 g/mol. The maximum atomic E-state index is 13.6. The molecule has 1 aromatic heterocycles. The molecule has 8 heteroatoms. The highest BCUT2D eigenvalue weighted by molar-refractivity contribution is 6.76. The highest BCUT2D eigenvalue weighted by Gasteiger charge is 2.35. The lowest BCUT2D eigenvalue weighted by Gasteiger charge is -2.38. The van der Waals surface area contributed by atoms with E-state index in [-0.39, 0.29) is 17.3 Å². The predicted molar refractivity (Wildman–Crippen MR) is 143 cm³/mol. The van der Waals surface area contributed by atoms with Crippen LogP contribution in [0.3, 0.4) is 0 Å². The third-order valence-electron chi connectivity index (χ3n) is 6.94. The van der Waals surface area contributed by atoms with Crippen molar-refractivity contribution in [3.05, 3.63) is 64.6 Å². The summed E-state index contributed by atoms with van der Waals surface area (Å²) >= 11 is 6.48. The van der Waals surface area contributed by atoms with Crippen LogP contribution in [0.1, 0.15) is 37.0 Å². The zero-order valence-electron chi connectivity index (χ0n) is 21.2. The number of fused-ring (bicyclic) bond motifs is 1. The van der Waals surface area contributed by atoms with Crippen LogP contribution >= 0.6 is 11.6 Å². The van der Waals surface area contributed by atoms with Crippen molar-refractivity contribution < 1.29 is 13.9 Å². The van der Waals surface area contributed by atoms with Crippen LogP contribution in [-0.2, 0) is 21.6 Å². The smallest absolute Gasteiger partial charge is 0.139 e. The molecule has 2 aromatic carbocycles. The van der Waals surface area contributed by atoms with Gasteiger partial charge in [0.2, 0.25) is 0 Å². The molecule has 0 radical (unpaired) electrons. The van der Waals surface area contributed by atoms with Crippen LogP contribution in [0.15, 0.2) is 42.6 Å². The number of benzene rings is 2. The Bertz CT molecular complexity index is 1120. The fourth-order valence-electron chi connectivity index (χ4n) is 4.69. The minimum atomic E-state index is -1.13. The van der Waals surface area contributed by atoms with Crippen LogP contribution in [0, 0.1) is 5.82 Å². The van der Waals surface area contributed by atoms with Crippen molar-refractivity contribution in [3.63, 3.8) is 0 Å². The summed E-state index contributed by atoms with van der Waals surface area (Å²) in [4.78, 5) is 0. The van der Waals surface area contributed by atoms with Crippen molar-refractivity contribution in [2.24, 2.45) is 0 Å². The van der Waals surface area contributed by atoms with Gasteiger partial charge in [0.15, 0.2) is 0 Å². The van der Waals surface area contributed by atoms with Gasteiger partial charge in [-0.2, -0.15) is 24.7 Å². The van der Waals surface area contributed by atoms with Gasteiger partial charge in [-0.25, -0.2) is 9.07 Å². The molecule has 0 unspecified atom stereocenters. The highest BCUT2D eigenvalue weighted by Crippen LogP contribution is 2.37. The van der Waals surface area contributed by atoms with Crippen molar-refractivity contribution in [1.82, 2.24) is 15.1 Å². The number of ether oxygens (including phenoxy) is 2. The molecule has 0 saturated carbocycles. The van der Waals surface area contributed by atoms with Gasteiger partial charge in [-0.15, -0.1) is 14.1 Å². The van der Waals surface area contributed by atoms with Crippen molar-refractivity contribution >= 4 is 30.6 Å². The molecule has 1 aliphatic rings.